The maximum Gasteiger partial charge on any atom is 0.305 e. The van der Waals surface area contributed by atoms with Crippen molar-refractivity contribution < 1.29 is 23.8 Å². The van der Waals surface area contributed by atoms with Crippen LogP contribution in [0, 0.1) is 6.92 Å². The molecule has 0 saturated carbocycles. The number of halogens is 1. The van der Waals surface area contributed by atoms with E-state index in [-0.39, 0.29) is 24.5 Å². The van der Waals surface area contributed by atoms with Gasteiger partial charge in [0.05, 0.1) is 6.61 Å². The zero-order chi connectivity index (χ0) is 21.7. The molecule has 0 radical (unpaired) electrons. The van der Waals surface area contributed by atoms with E-state index in [4.69, 9.17) is 25.8 Å². The molecular formula is C24H27ClO5. The first-order chi connectivity index (χ1) is 14.2. The predicted octanol–water partition coefficient (Wildman–Crippen LogP) is 4.90. The molecule has 0 bridgehead atoms. The van der Waals surface area contributed by atoms with Gasteiger partial charge in [0.25, 0.3) is 0 Å². The highest BCUT2D eigenvalue weighted by Crippen LogP contribution is 2.23. The predicted molar refractivity (Wildman–Crippen MR) is 115 cm³/mol. The maximum atomic E-state index is 12.8. The van der Waals surface area contributed by atoms with Crippen molar-refractivity contribution >= 4 is 23.4 Å². The van der Waals surface area contributed by atoms with Crippen LogP contribution in [0.3, 0.4) is 0 Å². The molecule has 5 nitrogen and oxygen atoms in total. The van der Waals surface area contributed by atoms with E-state index in [1.807, 2.05) is 39.0 Å². The summed E-state index contributed by atoms with van der Waals surface area (Å²) in [6.45, 7) is 6.24. The van der Waals surface area contributed by atoms with Gasteiger partial charge in [-0.05, 0) is 69.0 Å². The molecule has 1 fully saturated rings. The van der Waals surface area contributed by atoms with E-state index in [9.17, 15) is 9.59 Å². The van der Waals surface area contributed by atoms with Crippen molar-refractivity contribution in [3.63, 3.8) is 0 Å². The number of ether oxygens (including phenoxy) is 3. The Hall–Kier alpha value is -2.21. The van der Waals surface area contributed by atoms with Crippen LogP contribution >= 0.6 is 11.6 Å². The number of hydrogen-bond donors (Lipinski definition) is 0. The molecule has 1 unspecified atom stereocenters. The van der Waals surface area contributed by atoms with E-state index in [2.05, 4.69) is 0 Å². The molecule has 1 aliphatic heterocycles. The van der Waals surface area contributed by atoms with Crippen LogP contribution < -0.4 is 0 Å². The Morgan fingerprint density at radius 1 is 1.17 bits per heavy atom. The third-order valence-electron chi connectivity index (χ3n) is 5.12. The molecule has 1 atom stereocenters. The van der Waals surface area contributed by atoms with Gasteiger partial charge in [0, 0.05) is 22.6 Å². The topological polar surface area (TPSA) is 61.8 Å². The summed E-state index contributed by atoms with van der Waals surface area (Å²) in [6.07, 6.45) is 1.43. The molecule has 1 aliphatic rings. The van der Waals surface area contributed by atoms with E-state index >= 15 is 0 Å². The molecule has 0 spiro atoms. The monoisotopic (exact) mass is 430 g/mol. The number of carbonyl (C=O) groups excluding carboxylic acids is 2. The van der Waals surface area contributed by atoms with Crippen molar-refractivity contribution in [1.82, 2.24) is 0 Å². The van der Waals surface area contributed by atoms with Crippen molar-refractivity contribution in [2.75, 3.05) is 13.2 Å². The molecule has 1 heterocycles. The van der Waals surface area contributed by atoms with Gasteiger partial charge in [-0.15, -0.1) is 0 Å². The fourth-order valence-electron chi connectivity index (χ4n) is 3.48. The van der Waals surface area contributed by atoms with Crippen LogP contribution in [-0.2, 0) is 25.4 Å². The highest BCUT2D eigenvalue weighted by Gasteiger charge is 2.33. The van der Waals surface area contributed by atoms with Gasteiger partial charge in [-0.3, -0.25) is 9.59 Å². The molecule has 0 N–H and O–H groups in total. The van der Waals surface area contributed by atoms with Gasteiger partial charge in [0.2, 0.25) is 0 Å². The first kappa shape index (κ1) is 22.5. The van der Waals surface area contributed by atoms with Crippen molar-refractivity contribution in [3.8, 4) is 0 Å². The van der Waals surface area contributed by atoms with E-state index < -0.39 is 5.79 Å². The average Bonchev–Trinajstić information content (AvgIpc) is 3.06. The molecule has 0 aliphatic carbocycles. The van der Waals surface area contributed by atoms with Crippen LogP contribution in [-0.4, -0.2) is 36.9 Å². The van der Waals surface area contributed by atoms with Crippen LogP contribution in [0.1, 0.15) is 53.7 Å². The Bertz CT molecular complexity index is 904. The van der Waals surface area contributed by atoms with Gasteiger partial charge in [0.1, 0.15) is 12.7 Å². The normalized spacial score (nSPS) is 17.7. The highest BCUT2D eigenvalue weighted by atomic mass is 35.5. The fraction of sp³-hybridized carbons (Fsp3) is 0.417. The van der Waals surface area contributed by atoms with E-state index in [0.717, 1.165) is 11.1 Å². The average molecular weight is 431 g/mol. The number of benzene rings is 2. The van der Waals surface area contributed by atoms with Gasteiger partial charge in [0.15, 0.2) is 11.6 Å². The van der Waals surface area contributed by atoms with Crippen molar-refractivity contribution in [3.05, 3.63) is 69.7 Å². The standard InChI is InChI=1S/C24H27ClO5/c1-16-17(6-4-8-21(16)23(27)18-10-12-19(25)13-11-18)7-5-9-22(26)28-14-20-15-29-24(2,3)30-20/h4,6,8,10-13,20H,5,7,9,14-15H2,1-3H3. The molecule has 2 aromatic rings. The second-order valence-electron chi connectivity index (χ2n) is 7.91. The van der Waals surface area contributed by atoms with Gasteiger partial charge >= 0.3 is 5.97 Å². The number of esters is 1. The zero-order valence-electron chi connectivity index (χ0n) is 17.6. The summed E-state index contributed by atoms with van der Waals surface area (Å²) >= 11 is 5.91. The second-order valence-corrected chi connectivity index (χ2v) is 8.35. The van der Waals surface area contributed by atoms with Crippen LogP contribution in [0.4, 0.5) is 0 Å². The quantitative estimate of drug-likeness (QED) is 0.440. The fourth-order valence-corrected chi connectivity index (χ4v) is 3.61. The first-order valence-corrected chi connectivity index (χ1v) is 10.5. The lowest BCUT2D eigenvalue weighted by atomic mass is 9.93. The molecule has 3 rings (SSSR count). The second kappa shape index (κ2) is 9.73. The van der Waals surface area contributed by atoms with Gasteiger partial charge in [-0.2, -0.15) is 0 Å². The number of rotatable bonds is 8. The summed E-state index contributed by atoms with van der Waals surface area (Å²) in [5.74, 6) is -0.912. The zero-order valence-corrected chi connectivity index (χ0v) is 18.3. The number of hydrogen-bond acceptors (Lipinski definition) is 5. The molecule has 6 heteroatoms. The summed E-state index contributed by atoms with van der Waals surface area (Å²) < 4.78 is 16.4. The Morgan fingerprint density at radius 2 is 1.90 bits per heavy atom. The van der Waals surface area contributed by atoms with E-state index in [0.29, 0.717) is 42.0 Å². The summed E-state index contributed by atoms with van der Waals surface area (Å²) in [5.41, 5.74) is 3.25. The van der Waals surface area contributed by atoms with Crippen molar-refractivity contribution in [2.45, 2.75) is 51.9 Å². The smallest absolute Gasteiger partial charge is 0.305 e. The Morgan fingerprint density at radius 3 is 2.57 bits per heavy atom. The number of aryl methyl sites for hydroxylation is 1. The van der Waals surface area contributed by atoms with Crippen LogP contribution in [0.15, 0.2) is 42.5 Å². The molecule has 2 aromatic carbocycles. The summed E-state index contributed by atoms with van der Waals surface area (Å²) in [6, 6.07) is 12.6. The van der Waals surface area contributed by atoms with E-state index in [1.165, 1.54) is 0 Å². The summed E-state index contributed by atoms with van der Waals surface area (Å²) in [4.78, 5) is 24.9. The Kier molecular flexibility index (Phi) is 7.29. The minimum absolute atomic E-state index is 0.0351. The SMILES string of the molecule is Cc1c(CCCC(=O)OCC2COC(C)(C)O2)cccc1C(=O)c1ccc(Cl)cc1. The number of carbonyl (C=O) groups is 2. The lowest BCUT2D eigenvalue weighted by molar-refractivity contribution is -0.158. The third kappa shape index (κ3) is 5.91. The van der Waals surface area contributed by atoms with Crippen LogP contribution in [0.25, 0.3) is 0 Å². The lowest BCUT2D eigenvalue weighted by Gasteiger charge is -2.17. The van der Waals surface area contributed by atoms with E-state index in [1.54, 1.807) is 24.3 Å². The highest BCUT2D eigenvalue weighted by molar-refractivity contribution is 6.30. The molecular weight excluding hydrogens is 404 g/mol. The first-order valence-electron chi connectivity index (χ1n) is 10.1. The molecule has 0 aromatic heterocycles. The largest absolute Gasteiger partial charge is 0.463 e. The van der Waals surface area contributed by atoms with Crippen LogP contribution in [0.2, 0.25) is 5.02 Å². The maximum absolute atomic E-state index is 12.8. The van der Waals surface area contributed by atoms with Crippen molar-refractivity contribution in [1.29, 1.82) is 0 Å². The lowest BCUT2D eigenvalue weighted by Crippen LogP contribution is -2.25. The summed E-state index contributed by atoms with van der Waals surface area (Å²) in [7, 11) is 0. The Balaban J connectivity index is 1.51. The molecule has 160 valence electrons. The van der Waals surface area contributed by atoms with Crippen LogP contribution in [0.5, 0.6) is 0 Å². The Labute approximate surface area is 182 Å². The minimum atomic E-state index is -0.622. The number of ketones is 1. The van der Waals surface area contributed by atoms with Gasteiger partial charge in [-0.1, -0.05) is 29.8 Å². The summed E-state index contributed by atoms with van der Waals surface area (Å²) in [5, 5.41) is 0.597. The molecule has 30 heavy (non-hydrogen) atoms. The van der Waals surface area contributed by atoms with Gasteiger partial charge in [-0.25, -0.2) is 0 Å². The minimum Gasteiger partial charge on any atom is -0.463 e. The van der Waals surface area contributed by atoms with Crippen molar-refractivity contribution in [2.24, 2.45) is 0 Å². The van der Waals surface area contributed by atoms with Gasteiger partial charge < -0.3 is 14.2 Å². The molecule has 1 saturated heterocycles. The third-order valence-corrected chi connectivity index (χ3v) is 5.37. The molecule has 0 amide bonds.